The fraction of sp³-hybridized carbons (Fsp3) is 0.552. The van der Waals surface area contributed by atoms with E-state index in [1.54, 1.807) is 6.26 Å². The van der Waals surface area contributed by atoms with Crippen molar-refractivity contribution in [2.45, 2.75) is 103 Å². The van der Waals surface area contributed by atoms with E-state index in [2.05, 4.69) is 16.9 Å². The van der Waals surface area contributed by atoms with Gasteiger partial charge in [-0.1, -0.05) is 90.0 Å². The van der Waals surface area contributed by atoms with Crippen LogP contribution in [0.4, 0.5) is 5.13 Å². The number of Topliss-reactive ketones (excluding diaryl/α,β-unsaturated/α-hetero) is 1. The van der Waals surface area contributed by atoms with Crippen molar-refractivity contribution in [1.82, 2.24) is 9.97 Å². The van der Waals surface area contributed by atoms with E-state index in [-0.39, 0.29) is 11.7 Å². The quantitative estimate of drug-likeness (QED) is 0.149. The zero-order chi connectivity index (χ0) is 24.9. The Morgan fingerprint density at radius 3 is 2.17 bits per heavy atom. The molecule has 2 N–H and O–H groups in total. The molecule has 3 rings (SSSR count). The van der Waals surface area contributed by atoms with E-state index >= 15 is 0 Å². The first-order valence-corrected chi connectivity index (χ1v) is 14.2. The summed E-state index contributed by atoms with van der Waals surface area (Å²) >= 11 is 1.39. The average Bonchev–Trinajstić information content (AvgIpc) is 3.51. The number of carbonyl (C=O) groups is 1. The van der Waals surface area contributed by atoms with Gasteiger partial charge in [-0.15, -0.1) is 11.3 Å². The molecular weight excluding hydrogens is 454 g/mol. The van der Waals surface area contributed by atoms with Gasteiger partial charge in [0.2, 0.25) is 0 Å². The van der Waals surface area contributed by atoms with Crippen LogP contribution in [0.5, 0.6) is 0 Å². The lowest BCUT2D eigenvalue weighted by Gasteiger charge is -2.15. The Balaban J connectivity index is 1.56. The van der Waals surface area contributed by atoms with Crippen molar-refractivity contribution in [3.63, 3.8) is 0 Å². The number of hydrogen-bond acceptors (Lipinski definition) is 6. The summed E-state index contributed by atoms with van der Waals surface area (Å²) in [6, 6.07) is 9.31. The molecule has 0 spiro atoms. The maximum absolute atomic E-state index is 13.6. The number of thiazole rings is 1. The predicted octanol–water partition coefficient (Wildman–Crippen LogP) is 8.75. The number of unbranched alkanes of at least 4 members (excludes halogenated alkanes) is 11. The van der Waals surface area contributed by atoms with Crippen LogP contribution >= 0.6 is 11.3 Å². The number of aryl methyl sites for hydroxylation is 1. The average molecular weight is 496 g/mol. The van der Waals surface area contributed by atoms with Crippen LogP contribution in [0, 0.1) is 6.92 Å². The van der Waals surface area contributed by atoms with Crippen molar-refractivity contribution in [3.8, 4) is 11.5 Å². The normalized spacial score (nSPS) is 12.2. The topological polar surface area (TPSA) is 82.0 Å². The number of nitrogens with zero attached hydrogens (tertiary/aromatic N) is 2. The first-order valence-electron chi connectivity index (χ1n) is 13.4. The fourth-order valence-corrected chi connectivity index (χ4v) is 5.58. The molecule has 0 bridgehead atoms. The molecule has 0 fully saturated rings. The van der Waals surface area contributed by atoms with E-state index < -0.39 is 0 Å². The SMILES string of the molecule is CCCCCCCCCCCCCCC(C(=O)c1cccc(C)n1)c1sc(N)nc1-c1ccco1. The fourth-order valence-electron chi connectivity index (χ4n) is 4.60. The molecule has 6 heteroatoms. The minimum atomic E-state index is -0.317. The first kappa shape index (κ1) is 27.1. The third kappa shape index (κ3) is 8.60. The molecular formula is C29H41N3O2S. The molecule has 0 saturated heterocycles. The molecule has 35 heavy (non-hydrogen) atoms. The van der Waals surface area contributed by atoms with Crippen LogP contribution < -0.4 is 5.73 Å². The summed E-state index contributed by atoms with van der Waals surface area (Å²) in [5.41, 5.74) is 8.12. The van der Waals surface area contributed by atoms with E-state index in [9.17, 15) is 4.79 Å². The monoisotopic (exact) mass is 495 g/mol. The second-order valence-corrected chi connectivity index (χ2v) is 10.6. The number of hydrogen-bond donors (Lipinski definition) is 1. The van der Waals surface area contributed by atoms with Crippen LogP contribution in [0.15, 0.2) is 41.0 Å². The number of rotatable bonds is 17. The van der Waals surface area contributed by atoms with Crippen molar-refractivity contribution in [1.29, 1.82) is 0 Å². The van der Waals surface area contributed by atoms with Crippen molar-refractivity contribution < 1.29 is 9.21 Å². The van der Waals surface area contributed by atoms with Gasteiger partial charge in [0, 0.05) is 10.6 Å². The van der Waals surface area contributed by atoms with Crippen LogP contribution in [0.3, 0.4) is 0 Å². The van der Waals surface area contributed by atoms with Crippen LogP contribution in [-0.2, 0) is 0 Å². The summed E-state index contributed by atoms with van der Waals surface area (Å²) in [6.45, 7) is 4.18. The molecule has 3 aromatic rings. The Labute approximate surface area is 214 Å². The summed E-state index contributed by atoms with van der Waals surface area (Å²) in [5.74, 6) is 0.369. The maximum atomic E-state index is 13.6. The third-order valence-electron chi connectivity index (χ3n) is 6.54. The van der Waals surface area contributed by atoms with Gasteiger partial charge < -0.3 is 10.2 Å². The van der Waals surface area contributed by atoms with Gasteiger partial charge in [-0.2, -0.15) is 0 Å². The highest BCUT2D eigenvalue weighted by Gasteiger charge is 2.29. The van der Waals surface area contributed by atoms with Crippen LogP contribution in [0.25, 0.3) is 11.5 Å². The first-order chi connectivity index (χ1) is 17.1. The molecule has 0 amide bonds. The van der Waals surface area contributed by atoms with Crippen molar-refractivity contribution in [2.75, 3.05) is 5.73 Å². The van der Waals surface area contributed by atoms with Crippen LogP contribution in [0.2, 0.25) is 0 Å². The number of nitrogens with two attached hydrogens (primary N) is 1. The summed E-state index contributed by atoms with van der Waals surface area (Å²) in [7, 11) is 0. The number of ketones is 1. The van der Waals surface area contributed by atoms with Gasteiger partial charge in [-0.05, 0) is 37.6 Å². The molecule has 5 nitrogen and oxygen atoms in total. The number of aromatic nitrogens is 2. The standard InChI is InChI=1S/C29H41N3O2S/c1-3-4-5-6-7-8-9-10-11-12-13-14-18-23(27(33)24-19-15-17-22(2)31-24)28-26(32-29(30)35-28)25-20-16-21-34-25/h15-17,19-21,23H,3-14,18H2,1-2H3,(H2,30,32). The van der Waals surface area contributed by atoms with E-state index in [4.69, 9.17) is 10.2 Å². The number of anilines is 1. The molecule has 190 valence electrons. The van der Waals surface area contributed by atoms with E-state index in [1.807, 2.05) is 37.3 Å². The molecule has 3 heterocycles. The smallest absolute Gasteiger partial charge is 0.189 e. The summed E-state index contributed by atoms with van der Waals surface area (Å²) in [4.78, 5) is 23.5. The lowest BCUT2D eigenvalue weighted by atomic mass is 9.91. The van der Waals surface area contributed by atoms with Crippen molar-refractivity contribution >= 4 is 22.3 Å². The Hall–Kier alpha value is -2.47. The second-order valence-electron chi connectivity index (χ2n) is 9.50. The minimum Gasteiger partial charge on any atom is -0.463 e. The number of pyridine rings is 1. The predicted molar refractivity (Wildman–Crippen MR) is 146 cm³/mol. The zero-order valence-electron chi connectivity index (χ0n) is 21.4. The van der Waals surface area contributed by atoms with Crippen molar-refractivity contribution in [2.24, 2.45) is 0 Å². The number of nitrogen functional groups attached to an aromatic ring is 1. The third-order valence-corrected chi connectivity index (χ3v) is 7.54. The molecule has 0 aliphatic heterocycles. The van der Waals surface area contributed by atoms with Gasteiger partial charge in [0.1, 0.15) is 11.4 Å². The maximum Gasteiger partial charge on any atom is 0.189 e. The lowest BCUT2D eigenvalue weighted by Crippen LogP contribution is -2.15. The van der Waals surface area contributed by atoms with E-state index in [0.717, 1.165) is 29.8 Å². The molecule has 0 aliphatic carbocycles. The summed E-state index contributed by atoms with van der Waals surface area (Å²) in [6.07, 6.45) is 17.9. The van der Waals surface area contributed by atoms with E-state index in [0.29, 0.717) is 22.3 Å². The van der Waals surface area contributed by atoms with Gasteiger partial charge in [0.15, 0.2) is 16.7 Å². The molecule has 1 atom stereocenters. The number of carbonyl (C=O) groups excluding carboxylic acids is 1. The van der Waals surface area contributed by atoms with Crippen LogP contribution in [-0.4, -0.2) is 15.8 Å². The Kier molecular flexibility index (Phi) is 11.5. The number of furan rings is 1. The summed E-state index contributed by atoms with van der Waals surface area (Å²) in [5, 5.41) is 0.455. The molecule has 0 aromatic carbocycles. The van der Waals surface area contributed by atoms with E-state index in [1.165, 1.54) is 75.5 Å². The molecule has 3 aromatic heterocycles. The lowest BCUT2D eigenvalue weighted by molar-refractivity contribution is 0.0950. The summed E-state index contributed by atoms with van der Waals surface area (Å²) < 4.78 is 5.61. The molecule has 1 unspecified atom stereocenters. The van der Waals surface area contributed by atoms with Gasteiger partial charge in [0.25, 0.3) is 0 Å². The highest BCUT2D eigenvalue weighted by molar-refractivity contribution is 7.16. The van der Waals surface area contributed by atoms with Gasteiger partial charge in [0.05, 0.1) is 12.2 Å². The van der Waals surface area contributed by atoms with Gasteiger partial charge in [-0.3, -0.25) is 9.78 Å². The minimum absolute atomic E-state index is 0.0354. The zero-order valence-corrected chi connectivity index (χ0v) is 22.2. The van der Waals surface area contributed by atoms with Crippen LogP contribution in [0.1, 0.15) is 117 Å². The molecule has 0 aliphatic rings. The highest BCUT2D eigenvalue weighted by Crippen LogP contribution is 2.39. The highest BCUT2D eigenvalue weighted by atomic mass is 32.1. The Morgan fingerprint density at radius 1 is 0.914 bits per heavy atom. The van der Waals surface area contributed by atoms with Gasteiger partial charge >= 0.3 is 0 Å². The Bertz CT molecular complexity index is 1010. The largest absolute Gasteiger partial charge is 0.463 e. The van der Waals surface area contributed by atoms with Crippen molar-refractivity contribution in [3.05, 3.63) is 52.9 Å². The Morgan fingerprint density at radius 2 is 1.57 bits per heavy atom. The second kappa shape index (κ2) is 14.8. The van der Waals surface area contributed by atoms with Gasteiger partial charge in [-0.25, -0.2) is 4.98 Å². The molecule has 0 radical (unpaired) electrons. The molecule has 0 saturated carbocycles.